The summed E-state index contributed by atoms with van der Waals surface area (Å²) in [6.45, 7) is 0.712. The number of fused-ring (bicyclic) bond motifs is 1. The number of nitrogens with zero attached hydrogens (tertiary/aromatic N) is 1. The van der Waals surface area contributed by atoms with E-state index in [0.29, 0.717) is 12.2 Å². The van der Waals surface area contributed by atoms with Crippen molar-refractivity contribution in [2.24, 2.45) is 0 Å². The van der Waals surface area contributed by atoms with Crippen LogP contribution in [0, 0.1) is 0 Å². The average molecular weight is 191 g/mol. The largest absolute Gasteiger partial charge is 0.397 e. The zero-order valence-corrected chi connectivity index (χ0v) is 8.08. The lowest BCUT2D eigenvalue weighted by atomic mass is 10.1. The highest BCUT2D eigenvalue weighted by Gasteiger charge is 2.25. The van der Waals surface area contributed by atoms with Gasteiger partial charge in [0.05, 0.1) is 11.4 Å². The van der Waals surface area contributed by atoms with E-state index >= 15 is 0 Å². The second-order valence-corrected chi connectivity index (χ2v) is 3.31. The first-order valence-electron chi connectivity index (χ1n) is 4.60. The highest BCUT2D eigenvalue weighted by Crippen LogP contribution is 2.33. The molecule has 0 saturated heterocycles. The van der Waals surface area contributed by atoms with Gasteiger partial charge in [-0.05, 0) is 18.1 Å². The Kier molecular flexibility index (Phi) is 2.04. The molecule has 0 radical (unpaired) electrons. The molecule has 1 aromatic rings. The fourth-order valence-corrected chi connectivity index (χ4v) is 1.82. The number of benzene rings is 1. The monoisotopic (exact) mass is 191 g/mol. The Morgan fingerprint density at radius 3 is 3.07 bits per heavy atom. The number of hydrogen-bond donors (Lipinski definition) is 2. The van der Waals surface area contributed by atoms with Gasteiger partial charge in [-0.25, -0.2) is 4.79 Å². The normalized spacial score (nSPS) is 13.9. The predicted octanol–water partition coefficient (Wildman–Crippen LogP) is 0.971. The molecule has 1 aliphatic heterocycles. The zero-order chi connectivity index (χ0) is 10.1. The molecular weight excluding hydrogens is 178 g/mol. The molecule has 1 aliphatic rings. The van der Waals surface area contributed by atoms with E-state index in [0.717, 1.165) is 17.7 Å². The number of urea groups is 1. The summed E-state index contributed by atoms with van der Waals surface area (Å²) in [6, 6.07) is 5.65. The summed E-state index contributed by atoms with van der Waals surface area (Å²) in [5.41, 5.74) is 8.52. The number of hydrogen-bond acceptors (Lipinski definition) is 2. The van der Waals surface area contributed by atoms with E-state index in [2.05, 4.69) is 5.32 Å². The molecule has 0 saturated carbocycles. The highest BCUT2D eigenvalue weighted by molar-refractivity contribution is 5.97. The third-order valence-corrected chi connectivity index (χ3v) is 2.48. The fourth-order valence-electron chi connectivity index (χ4n) is 1.82. The Labute approximate surface area is 82.7 Å². The van der Waals surface area contributed by atoms with Gasteiger partial charge in [0, 0.05) is 13.6 Å². The van der Waals surface area contributed by atoms with Crippen molar-refractivity contribution < 1.29 is 4.79 Å². The number of rotatable bonds is 0. The van der Waals surface area contributed by atoms with Crippen molar-refractivity contribution in [2.75, 3.05) is 24.2 Å². The Bertz CT molecular complexity index is 376. The summed E-state index contributed by atoms with van der Waals surface area (Å²) in [5.74, 6) is 0. The molecule has 3 N–H and O–H groups in total. The zero-order valence-electron chi connectivity index (χ0n) is 8.08. The SMILES string of the molecule is CNC(=O)N1CCc2cccc(N)c21. The van der Waals surface area contributed by atoms with Crippen LogP contribution in [0.5, 0.6) is 0 Å². The number of nitrogens with one attached hydrogen (secondary N) is 1. The number of nitrogens with two attached hydrogens (primary N) is 1. The molecule has 4 heteroatoms. The quantitative estimate of drug-likeness (QED) is 0.600. The lowest BCUT2D eigenvalue weighted by Crippen LogP contribution is -2.37. The second-order valence-electron chi connectivity index (χ2n) is 3.31. The van der Waals surface area contributed by atoms with Crippen LogP contribution in [0.25, 0.3) is 0 Å². The molecule has 0 fully saturated rings. The fraction of sp³-hybridized carbons (Fsp3) is 0.300. The first-order chi connectivity index (χ1) is 6.74. The summed E-state index contributed by atoms with van der Waals surface area (Å²) < 4.78 is 0. The lowest BCUT2D eigenvalue weighted by Gasteiger charge is -2.17. The van der Waals surface area contributed by atoms with Gasteiger partial charge in [-0.2, -0.15) is 0 Å². The molecule has 0 atom stereocenters. The van der Waals surface area contributed by atoms with Crippen LogP contribution < -0.4 is 16.0 Å². The molecule has 0 aromatic heterocycles. The van der Waals surface area contributed by atoms with Gasteiger partial charge < -0.3 is 11.1 Å². The standard InChI is InChI=1S/C10H13N3O/c1-12-10(14)13-6-5-7-3-2-4-8(11)9(7)13/h2-4H,5-6,11H2,1H3,(H,12,14). The molecule has 4 nitrogen and oxygen atoms in total. The lowest BCUT2D eigenvalue weighted by molar-refractivity contribution is 0.248. The summed E-state index contributed by atoms with van der Waals surface area (Å²) in [5, 5.41) is 2.61. The summed E-state index contributed by atoms with van der Waals surface area (Å²) in [6.07, 6.45) is 0.883. The molecule has 0 bridgehead atoms. The summed E-state index contributed by atoms with van der Waals surface area (Å²) in [4.78, 5) is 13.2. The first-order valence-corrected chi connectivity index (χ1v) is 4.60. The van der Waals surface area contributed by atoms with Gasteiger partial charge in [-0.15, -0.1) is 0 Å². The van der Waals surface area contributed by atoms with E-state index in [1.165, 1.54) is 0 Å². The van der Waals surface area contributed by atoms with Crippen molar-refractivity contribution >= 4 is 17.4 Å². The smallest absolute Gasteiger partial charge is 0.321 e. The average Bonchev–Trinajstić information content (AvgIpc) is 2.62. The molecule has 74 valence electrons. The predicted molar refractivity (Wildman–Crippen MR) is 56.4 cm³/mol. The van der Waals surface area contributed by atoms with Crippen molar-refractivity contribution in [1.82, 2.24) is 5.32 Å². The summed E-state index contributed by atoms with van der Waals surface area (Å²) >= 11 is 0. The molecule has 14 heavy (non-hydrogen) atoms. The minimum absolute atomic E-state index is 0.0957. The Hall–Kier alpha value is -1.71. The molecule has 0 unspecified atom stereocenters. The van der Waals surface area contributed by atoms with E-state index in [-0.39, 0.29) is 6.03 Å². The van der Waals surface area contributed by atoms with Gasteiger partial charge >= 0.3 is 6.03 Å². The van der Waals surface area contributed by atoms with Gasteiger partial charge in [0.25, 0.3) is 0 Å². The highest BCUT2D eigenvalue weighted by atomic mass is 16.2. The van der Waals surface area contributed by atoms with Crippen LogP contribution in [0.3, 0.4) is 0 Å². The van der Waals surface area contributed by atoms with E-state index in [9.17, 15) is 4.79 Å². The third kappa shape index (κ3) is 1.19. The Morgan fingerprint density at radius 2 is 2.36 bits per heavy atom. The molecule has 2 amide bonds. The van der Waals surface area contributed by atoms with Gasteiger partial charge in [0.2, 0.25) is 0 Å². The van der Waals surface area contributed by atoms with Gasteiger partial charge in [0.1, 0.15) is 0 Å². The molecule has 0 spiro atoms. The number of carbonyl (C=O) groups excluding carboxylic acids is 1. The maximum atomic E-state index is 11.5. The Balaban J connectivity index is 2.43. The summed E-state index contributed by atoms with van der Waals surface area (Å²) in [7, 11) is 1.62. The minimum Gasteiger partial charge on any atom is -0.397 e. The Morgan fingerprint density at radius 1 is 1.57 bits per heavy atom. The molecule has 2 rings (SSSR count). The van der Waals surface area contributed by atoms with Crippen LogP contribution in [0.2, 0.25) is 0 Å². The second kappa shape index (κ2) is 3.21. The maximum Gasteiger partial charge on any atom is 0.321 e. The van der Waals surface area contributed by atoms with Crippen LogP contribution >= 0.6 is 0 Å². The first kappa shape index (κ1) is 8.87. The number of para-hydroxylation sites is 1. The third-order valence-electron chi connectivity index (χ3n) is 2.48. The van der Waals surface area contributed by atoms with Gasteiger partial charge in [-0.3, -0.25) is 4.90 Å². The molecular formula is C10H13N3O. The number of amides is 2. The number of anilines is 2. The van der Waals surface area contributed by atoms with E-state index in [1.54, 1.807) is 11.9 Å². The van der Waals surface area contributed by atoms with Gasteiger partial charge in [0.15, 0.2) is 0 Å². The van der Waals surface area contributed by atoms with Crippen LogP contribution in [0.15, 0.2) is 18.2 Å². The molecule has 1 heterocycles. The van der Waals surface area contributed by atoms with Crippen molar-refractivity contribution in [3.05, 3.63) is 23.8 Å². The maximum absolute atomic E-state index is 11.5. The van der Waals surface area contributed by atoms with E-state index < -0.39 is 0 Å². The van der Waals surface area contributed by atoms with Crippen molar-refractivity contribution in [3.8, 4) is 0 Å². The van der Waals surface area contributed by atoms with Crippen LogP contribution in [-0.2, 0) is 6.42 Å². The van der Waals surface area contributed by atoms with Crippen LogP contribution in [-0.4, -0.2) is 19.6 Å². The minimum atomic E-state index is -0.0957. The van der Waals surface area contributed by atoms with Crippen molar-refractivity contribution in [1.29, 1.82) is 0 Å². The van der Waals surface area contributed by atoms with Crippen LogP contribution in [0.1, 0.15) is 5.56 Å². The molecule has 0 aliphatic carbocycles. The topological polar surface area (TPSA) is 58.4 Å². The van der Waals surface area contributed by atoms with E-state index in [1.807, 2.05) is 18.2 Å². The van der Waals surface area contributed by atoms with Crippen LogP contribution in [0.4, 0.5) is 16.2 Å². The van der Waals surface area contributed by atoms with E-state index in [4.69, 9.17) is 5.73 Å². The number of nitrogen functional groups attached to an aromatic ring is 1. The number of carbonyl (C=O) groups is 1. The molecule has 1 aromatic carbocycles. The van der Waals surface area contributed by atoms with Crippen molar-refractivity contribution in [3.63, 3.8) is 0 Å². The van der Waals surface area contributed by atoms with Crippen molar-refractivity contribution in [2.45, 2.75) is 6.42 Å². The van der Waals surface area contributed by atoms with Gasteiger partial charge in [-0.1, -0.05) is 12.1 Å².